The highest BCUT2D eigenvalue weighted by Crippen LogP contribution is 2.31. The van der Waals surface area contributed by atoms with Gasteiger partial charge in [0, 0.05) is 20.1 Å². The summed E-state index contributed by atoms with van der Waals surface area (Å²) < 4.78 is 10.0. The second-order valence-electron chi connectivity index (χ2n) is 6.08. The predicted molar refractivity (Wildman–Crippen MR) is 88.6 cm³/mol. The summed E-state index contributed by atoms with van der Waals surface area (Å²) in [6.07, 6.45) is 1.07. The molecule has 2 aromatic rings. The fourth-order valence-corrected chi connectivity index (χ4v) is 2.87. The van der Waals surface area contributed by atoms with Gasteiger partial charge in [-0.3, -0.25) is 0 Å². The minimum atomic E-state index is -1.00. The SMILES string of the molecule is COCCc1noc(CNC(=O)N2CC[C@](O)(c3ccccc3)C2)n1. The van der Waals surface area contributed by atoms with Crippen molar-refractivity contribution in [1.29, 1.82) is 0 Å². The van der Waals surface area contributed by atoms with Gasteiger partial charge in [-0.1, -0.05) is 35.5 Å². The molecule has 1 aromatic carbocycles. The molecular formula is C17H22N4O4. The minimum Gasteiger partial charge on any atom is -0.384 e. The van der Waals surface area contributed by atoms with E-state index in [-0.39, 0.29) is 19.1 Å². The van der Waals surface area contributed by atoms with Crippen LogP contribution in [0.5, 0.6) is 0 Å². The van der Waals surface area contributed by atoms with Gasteiger partial charge in [0.25, 0.3) is 0 Å². The lowest BCUT2D eigenvalue weighted by atomic mass is 9.93. The van der Waals surface area contributed by atoms with Gasteiger partial charge in [-0.05, 0) is 12.0 Å². The molecule has 3 rings (SSSR count). The normalized spacial score (nSPS) is 20.0. The third-order valence-electron chi connectivity index (χ3n) is 4.28. The summed E-state index contributed by atoms with van der Waals surface area (Å²) in [6.45, 7) is 1.40. The lowest BCUT2D eigenvalue weighted by molar-refractivity contribution is 0.0493. The average Bonchev–Trinajstić information content (AvgIpc) is 3.26. The topological polar surface area (TPSA) is 101 Å². The van der Waals surface area contributed by atoms with E-state index >= 15 is 0 Å². The maximum Gasteiger partial charge on any atom is 0.317 e. The van der Waals surface area contributed by atoms with Crippen molar-refractivity contribution in [3.8, 4) is 0 Å². The van der Waals surface area contributed by atoms with E-state index in [0.717, 1.165) is 5.56 Å². The molecule has 134 valence electrons. The number of β-amino-alcohol motifs (C(OH)–C–C–N with tert-alkyl or cyclic N) is 1. The van der Waals surface area contributed by atoms with E-state index in [9.17, 15) is 9.90 Å². The van der Waals surface area contributed by atoms with E-state index in [0.29, 0.717) is 37.7 Å². The summed E-state index contributed by atoms with van der Waals surface area (Å²) >= 11 is 0. The highest BCUT2D eigenvalue weighted by molar-refractivity contribution is 5.74. The van der Waals surface area contributed by atoms with Crippen molar-refractivity contribution in [3.05, 3.63) is 47.6 Å². The van der Waals surface area contributed by atoms with E-state index < -0.39 is 5.60 Å². The zero-order chi connectivity index (χ0) is 17.7. The van der Waals surface area contributed by atoms with Crippen LogP contribution in [0.4, 0.5) is 4.79 Å². The van der Waals surface area contributed by atoms with Gasteiger partial charge in [0.1, 0.15) is 5.60 Å². The molecule has 8 heteroatoms. The zero-order valence-electron chi connectivity index (χ0n) is 14.1. The number of nitrogens with zero attached hydrogens (tertiary/aromatic N) is 3. The Kier molecular flexibility index (Phi) is 5.30. The van der Waals surface area contributed by atoms with E-state index in [1.54, 1.807) is 12.0 Å². The standard InChI is InChI=1S/C17H22N4O4/c1-24-10-7-14-19-15(25-20-14)11-18-16(22)21-9-8-17(23,12-21)13-5-3-2-4-6-13/h2-6,23H,7-12H2,1H3,(H,18,22)/t17-/m1/s1. The number of methoxy groups -OCH3 is 1. The summed E-state index contributed by atoms with van der Waals surface area (Å²) in [4.78, 5) is 18.1. The second kappa shape index (κ2) is 7.62. The number of likely N-dealkylation sites (tertiary alicyclic amines) is 1. The predicted octanol–water partition coefficient (Wildman–Crippen LogP) is 1.06. The van der Waals surface area contributed by atoms with Gasteiger partial charge < -0.3 is 24.6 Å². The first-order valence-corrected chi connectivity index (χ1v) is 8.22. The van der Waals surface area contributed by atoms with Crippen LogP contribution in [0.25, 0.3) is 0 Å². The summed E-state index contributed by atoms with van der Waals surface area (Å²) in [5.74, 6) is 0.891. The van der Waals surface area contributed by atoms with E-state index in [2.05, 4.69) is 15.5 Å². The summed E-state index contributed by atoms with van der Waals surface area (Å²) in [6, 6.07) is 9.16. The summed E-state index contributed by atoms with van der Waals surface area (Å²) in [7, 11) is 1.61. The molecule has 0 spiro atoms. The van der Waals surface area contributed by atoms with Crippen LogP contribution >= 0.6 is 0 Å². The number of urea groups is 1. The van der Waals surface area contributed by atoms with Gasteiger partial charge in [-0.2, -0.15) is 4.98 Å². The molecule has 2 heterocycles. The van der Waals surface area contributed by atoms with Gasteiger partial charge in [-0.15, -0.1) is 0 Å². The summed E-state index contributed by atoms with van der Waals surface area (Å²) in [5.41, 5.74) is -0.180. The molecule has 0 unspecified atom stereocenters. The Morgan fingerprint density at radius 2 is 2.24 bits per heavy atom. The Bertz CT molecular complexity index is 706. The Hall–Kier alpha value is -2.45. The molecule has 2 N–H and O–H groups in total. The molecule has 1 aromatic heterocycles. The quantitative estimate of drug-likeness (QED) is 0.811. The molecule has 0 bridgehead atoms. The van der Waals surface area contributed by atoms with E-state index in [4.69, 9.17) is 9.26 Å². The minimum absolute atomic E-state index is 0.152. The Labute approximate surface area is 145 Å². The van der Waals surface area contributed by atoms with Crippen LogP contribution in [0.1, 0.15) is 23.7 Å². The lowest BCUT2D eigenvalue weighted by Crippen LogP contribution is -2.40. The van der Waals surface area contributed by atoms with Crippen molar-refractivity contribution in [2.75, 3.05) is 26.8 Å². The van der Waals surface area contributed by atoms with Crippen LogP contribution in [0, 0.1) is 0 Å². The fourth-order valence-electron chi connectivity index (χ4n) is 2.87. The number of nitrogens with one attached hydrogen (secondary N) is 1. The van der Waals surface area contributed by atoms with Gasteiger partial charge in [0.05, 0.1) is 19.7 Å². The third-order valence-corrected chi connectivity index (χ3v) is 4.28. The molecule has 1 aliphatic rings. The third kappa shape index (κ3) is 4.15. The van der Waals surface area contributed by atoms with Gasteiger partial charge in [0.2, 0.25) is 5.89 Å². The van der Waals surface area contributed by atoms with Crippen LogP contribution in [0.2, 0.25) is 0 Å². The molecule has 25 heavy (non-hydrogen) atoms. The van der Waals surface area contributed by atoms with Crippen LogP contribution in [0.3, 0.4) is 0 Å². The number of amides is 2. The molecule has 1 atom stereocenters. The van der Waals surface area contributed by atoms with Crippen molar-refractivity contribution in [3.63, 3.8) is 0 Å². The molecule has 2 amide bonds. The van der Waals surface area contributed by atoms with Crippen LogP contribution in [0.15, 0.2) is 34.9 Å². The first-order valence-electron chi connectivity index (χ1n) is 8.22. The number of aliphatic hydroxyl groups is 1. The Balaban J connectivity index is 1.52. The van der Waals surface area contributed by atoms with Crippen LogP contribution in [-0.2, 0) is 23.3 Å². The number of ether oxygens (including phenoxy) is 1. The molecule has 1 saturated heterocycles. The molecule has 8 nitrogen and oxygen atoms in total. The second-order valence-corrected chi connectivity index (χ2v) is 6.08. The van der Waals surface area contributed by atoms with Crippen LogP contribution in [-0.4, -0.2) is 53.0 Å². The molecule has 1 aliphatic heterocycles. The highest BCUT2D eigenvalue weighted by Gasteiger charge is 2.39. The first kappa shape index (κ1) is 17.4. The molecule has 0 aliphatic carbocycles. The largest absolute Gasteiger partial charge is 0.384 e. The zero-order valence-corrected chi connectivity index (χ0v) is 14.1. The number of benzene rings is 1. The number of hydrogen-bond acceptors (Lipinski definition) is 6. The van der Waals surface area contributed by atoms with Gasteiger partial charge in [0.15, 0.2) is 5.82 Å². The van der Waals surface area contributed by atoms with Crippen molar-refractivity contribution in [1.82, 2.24) is 20.4 Å². The van der Waals surface area contributed by atoms with E-state index in [1.807, 2.05) is 30.3 Å². The van der Waals surface area contributed by atoms with Crippen molar-refractivity contribution >= 4 is 6.03 Å². The van der Waals surface area contributed by atoms with E-state index in [1.165, 1.54) is 0 Å². The van der Waals surface area contributed by atoms with Gasteiger partial charge in [-0.25, -0.2) is 4.79 Å². The maximum absolute atomic E-state index is 12.3. The Morgan fingerprint density at radius 3 is 3.00 bits per heavy atom. The highest BCUT2D eigenvalue weighted by atomic mass is 16.5. The molecular weight excluding hydrogens is 324 g/mol. The first-order chi connectivity index (χ1) is 12.1. The van der Waals surface area contributed by atoms with Gasteiger partial charge >= 0.3 is 6.03 Å². The number of aromatic nitrogens is 2. The number of carbonyl (C=O) groups is 1. The molecule has 1 fully saturated rings. The monoisotopic (exact) mass is 346 g/mol. The number of hydrogen-bond donors (Lipinski definition) is 2. The summed E-state index contributed by atoms with van der Waals surface area (Å²) in [5, 5.41) is 17.3. The maximum atomic E-state index is 12.3. The van der Waals surface area contributed by atoms with Crippen LogP contribution < -0.4 is 5.32 Å². The average molecular weight is 346 g/mol. The smallest absolute Gasteiger partial charge is 0.317 e. The fraction of sp³-hybridized carbons (Fsp3) is 0.471. The number of carbonyl (C=O) groups excluding carboxylic acids is 1. The molecule has 0 saturated carbocycles. The Morgan fingerprint density at radius 1 is 1.44 bits per heavy atom. The van der Waals surface area contributed by atoms with Crippen molar-refractivity contribution in [2.45, 2.75) is 25.0 Å². The van der Waals surface area contributed by atoms with Crippen molar-refractivity contribution < 1.29 is 19.2 Å². The lowest BCUT2D eigenvalue weighted by Gasteiger charge is -2.23. The van der Waals surface area contributed by atoms with Crippen molar-refractivity contribution in [2.24, 2.45) is 0 Å². The molecule has 0 radical (unpaired) electrons. The number of rotatable bonds is 6.